The molecule has 2 atom stereocenters. The Hall–Kier alpha value is -1.80. The first-order valence-corrected chi connectivity index (χ1v) is 10.9. The second-order valence-electron chi connectivity index (χ2n) is 8.43. The maximum Gasteiger partial charge on any atom is 0.227 e. The topological polar surface area (TPSA) is 59.9 Å². The van der Waals surface area contributed by atoms with Gasteiger partial charge in [-0.25, -0.2) is 4.98 Å². The first-order chi connectivity index (χ1) is 13.6. The number of rotatable bonds is 4. The standard InChI is InChI=1S/C21H26N4O2S/c26-18-9-17-10-24(20(27)8-16-4-2-1-3-5-16)15-21(25(17)11-18)13-23(14-21)12-19-22-6-7-28-19/h1-7,17-18,26H,8-15H2/t17-,18+/m0/s1. The first-order valence-electron chi connectivity index (χ1n) is 9.99. The van der Waals surface area contributed by atoms with Crippen LogP contribution in [0.15, 0.2) is 41.9 Å². The number of carbonyl (C=O) groups is 1. The van der Waals surface area contributed by atoms with Crippen molar-refractivity contribution in [3.8, 4) is 0 Å². The van der Waals surface area contributed by atoms with Crippen molar-refractivity contribution in [3.05, 3.63) is 52.5 Å². The average molecular weight is 399 g/mol. The van der Waals surface area contributed by atoms with Crippen LogP contribution in [0.1, 0.15) is 17.0 Å². The third-order valence-corrected chi connectivity index (χ3v) is 7.11. The van der Waals surface area contributed by atoms with Gasteiger partial charge in [-0.05, 0) is 12.0 Å². The van der Waals surface area contributed by atoms with E-state index in [1.807, 2.05) is 46.8 Å². The summed E-state index contributed by atoms with van der Waals surface area (Å²) in [6, 6.07) is 10.2. The maximum atomic E-state index is 13.0. The number of hydrogen-bond donors (Lipinski definition) is 1. The molecule has 3 fully saturated rings. The fraction of sp³-hybridized carbons (Fsp3) is 0.524. The normalized spacial score (nSPS) is 27.0. The van der Waals surface area contributed by atoms with Crippen LogP contribution in [-0.2, 0) is 17.8 Å². The molecule has 148 valence electrons. The third kappa shape index (κ3) is 3.37. The maximum absolute atomic E-state index is 13.0. The summed E-state index contributed by atoms with van der Waals surface area (Å²) < 4.78 is 0. The summed E-state index contributed by atoms with van der Waals surface area (Å²) in [5.74, 6) is 0.199. The number of likely N-dealkylation sites (tertiary alicyclic amines) is 1. The number of benzene rings is 1. The molecule has 0 aliphatic carbocycles. The number of piperazine rings is 1. The van der Waals surface area contributed by atoms with Gasteiger partial charge in [0.2, 0.25) is 5.91 Å². The van der Waals surface area contributed by atoms with Crippen LogP contribution in [0.5, 0.6) is 0 Å². The number of carbonyl (C=O) groups excluding carboxylic acids is 1. The molecule has 3 aliphatic rings. The number of thiazole rings is 1. The molecule has 5 rings (SSSR count). The summed E-state index contributed by atoms with van der Waals surface area (Å²) in [5.41, 5.74) is 1.04. The van der Waals surface area contributed by atoms with Gasteiger partial charge in [-0.2, -0.15) is 0 Å². The molecule has 3 aliphatic heterocycles. The van der Waals surface area contributed by atoms with Gasteiger partial charge in [0.05, 0.1) is 24.6 Å². The largest absolute Gasteiger partial charge is 0.392 e. The summed E-state index contributed by atoms with van der Waals surface area (Å²) in [6.45, 7) is 4.97. The molecular formula is C21H26N4O2S. The van der Waals surface area contributed by atoms with Crippen LogP contribution >= 0.6 is 11.3 Å². The molecule has 4 heterocycles. The van der Waals surface area contributed by atoms with E-state index in [2.05, 4.69) is 14.8 Å². The van der Waals surface area contributed by atoms with E-state index in [0.717, 1.165) is 56.3 Å². The van der Waals surface area contributed by atoms with Crippen molar-refractivity contribution in [2.45, 2.75) is 37.1 Å². The van der Waals surface area contributed by atoms with Crippen LogP contribution in [0.25, 0.3) is 0 Å². The highest BCUT2D eigenvalue weighted by atomic mass is 32.1. The highest BCUT2D eigenvalue weighted by Crippen LogP contribution is 2.39. The highest BCUT2D eigenvalue weighted by molar-refractivity contribution is 7.09. The molecule has 28 heavy (non-hydrogen) atoms. The van der Waals surface area contributed by atoms with Crippen molar-refractivity contribution >= 4 is 17.2 Å². The zero-order valence-corrected chi connectivity index (χ0v) is 16.7. The Kier molecular flexibility index (Phi) is 4.71. The first kappa shape index (κ1) is 18.2. The van der Waals surface area contributed by atoms with E-state index in [-0.39, 0.29) is 23.6 Å². The van der Waals surface area contributed by atoms with Gasteiger partial charge < -0.3 is 10.0 Å². The summed E-state index contributed by atoms with van der Waals surface area (Å²) in [6.07, 6.45) is 2.80. The molecule has 1 aromatic heterocycles. The monoisotopic (exact) mass is 398 g/mol. The van der Waals surface area contributed by atoms with Gasteiger partial charge in [-0.3, -0.25) is 14.6 Å². The SMILES string of the molecule is O=C(Cc1ccccc1)N1C[C@@H]2C[C@@H](O)CN2C2(CN(Cc3nccs3)C2)C1. The smallest absolute Gasteiger partial charge is 0.227 e. The lowest BCUT2D eigenvalue weighted by Crippen LogP contribution is -2.78. The van der Waals surface area contributed by atoms with Crippen molar-refractivity contribution < 1.29 is 9.90 Å². The van der Waals surface area contributed by atoms with E-state index >= 15 is 0 Å². The second kappa shape index (κ2) is 7.22. The van der Waals surface area contributed by atoms with E-state index in [9.17, 15) is 9.90 Å². The van der Waals surface area contributed by atoms with Gasteiger partial charge in [-0.1, -0.05) is 30.3 Å². The van der Waals surface area contributed by atoms with E-state index < -0.39 is 0 Å². The molecule has 0 radical (unpaired) electrons. The Bertz CT molecular complexity index is 822. The van der Waals surface area contributed by atoms with Gasteiger partial charge in [0.15, 0.2) is 0 Å². The van der Waals surface area contributed by atoms with Gasteiger partial charge in [0.1, 0.15) is 5.01 Å². The predicted octanol–water partition coefficient (Wildman–Crippen LogP) is 1.22. The van der Waals surface area contributed by atoms with Crippen LogP contribution in [0, 0.1) is 0 Å². The fourth-order valence-corrected chi connectivity index (χ4v) is 5.84. The highest BCUT2D eigenvalue weighted by Gasteiger charge is 2.56. The Morgan fingerprint density at radius 2 is 2.04 bits per heavy atom. The lowest BCUT2D eigenvalue weighted by Gasteiger charge is -2.61. The molecule has 1 aromatic carbocycles. The number of amides is 1. The van der Waals surface area contributed by atoms with E-state index in [1.165, 1.54) is 0 Å². The van der Waals surface area contributed by atoms with Crippen molar-refractivity contribution in [3.63, 3.8) is 0 Å². The summed E-state index contributed by atoms with van der Waals surface area (Å²) >= 11 is 1.69. The molecule has 7 heteroatoms. The van der Waals surface area contributed by atoms with Gasteiger partial charge in [0.25, 0.3) is 0 Å². The zero-order valence-electron chi connectivity index (χ0n) is 15.9. The Morgan fingerprint density at radius 3 is 2.79 bits per heavy atom. The quantitative estimate of drug-likeness (QED) is 0.839. The minimum Gasteiger partial charge on any atom is -0.392 e. The Labute approximate surface area is 169 Å². The third-order valence-electron chi connectivity index (χ3n) is 6.35. The molecule has 0 unspecified atom stereocenters. The molecule has 1 N–H and O–H groups in total. The van der Waals surface area contributed by atoms with Crippen molar-refractivity contribution in [2.24, 2.45) is 0 Å². The van der Waals surface area contributed by atoms with E-state index in [1.54, 1.807) is 11.3 Å². The van der Waals surface area contributed by atoms with Crippen LogP contribution < -0.4 is 0 Å². The predicted molar refractivity (Wildman–Crippen MR) is 108 cm³/mol. The molecule has 0 bridgehead atoms. The van der Waals surface area contributed by atoms with Crippen LogP contribution in [-0.4, -0.2) is 81.1 Å². The minimum atomic E-state index is -0.279. The van der Waals surface area contributed by atoms with Crippen molar-refractivity contribution in [1.82, 2.24) is 19.7 Å². The second-order valence-corrected chi connectivity index (χ2v) is 9.41. The molecule has 1 amide bonds. The van der Waals surface area contributed by atoms with E-state index in [0.29, 0.717) is 6.42 Å². The van der Waals surface area contributed by atoms with Crippen LogP contribution in [0.4, 0.5) is 0 Å². The number of aromatic nitrogens is 1. The van der Waals surface area contributed by atoms with Gasteiger partial charge >= 0.3 is 0 Å². The number of nitrogens with zero attached hydrogens (tertiary/aromatic N) is 4. The molecule has 0 saturated carbocycles. The minimum absolute atomic E-state index is 0.0238. The van der Waals surface area contributed by atoms with Crippen molar-refractivity contribution in [2.75, 3.05) is 32.7 Å². The molecular weight excluding hydrogens is 372 g/mol. The molecule has 3 saturated heterocycles. The number of fused-ring (bicyclic) bond motifs is 2. The lowest BCUT2D eigenvalue weighted by molar-refractivity contribution is -0.150. The Balaban J connectivity index is 1.30. The fourth-order valence-electron chi connectivity index (χ4n) is 5.19. The van der Waals surface area contributed by atoms with Crippen LogP contribution in [0.2, 0.25) is 0 Å². The van der Waals surface area contributed by atoms with Crippen LogP contribution in [0.3, 0.4) is 0 Å². The lowest BCUT2D eigenvalue weighted by atomic mass is 9.83. The Morgan fingerprint density at radius 1 is 1.21 bits per heavy atom. The zero-order chi connectivity index (χ0) is 19.1. The summed E-state index contributed by atoms with van der Waals surface area (Å²) in [4.78, 5) is 24.4. The average Bonchev–Trinajstić information content (AvgIpc) is 3.30. The van der Waals surface area contributed by atoms with Crippen molar-refractivity contribution in [1.29, 1.82) is 0 Å². The summed E-state index contributed by atoms with van der Waals surface area (Å²) in [7, 11) is 0. The van der Waals surface area contributed by atoms with Gasteiger partial charge in [-0.15, -0.1) is 11.3 Å². The number of aliphatic hydroxyl groups excluding tert-OH is 1. The summed E-state index contributed by atoms with van der Waals surface area (Å²) in [5, 5.41) is 13.4. The number of β-amino-alcohol motifs (C(OH)–C–C–N with tert-alkyl or cyclic N) is 1. The van der Waals surface area contributed by atoms with E-state index in [4.69, 9.17) is 0 Å². The van der Waals surface area contributed by atoms with Gasteiger partial charge in [0, 0.05) is 50.3 Å². The molecule has 6 nitrogen and oxygen atoms in total. The number of hydrogen-bond acceptors (Lipinski definition) is 6. The number of aliphatic hydroxyl groups is 1. The molecule has 2 aromatic rings. The molecule has 1 spiro atoms.